The van der Waals surface area contributed by atoms with Crippen LogP contribution in [-0.2, 0) is 16.1 Å². The molecule has 162 valence electrons. The Kier molecular flexibility index (Phi) is 5.42. The number of urea groups is 1. The van der Waals surface area contributed by atoms with E-state index in [0.717, 1.165) is 37.7 Å². The Hall–Kier alpha value is -2.64. The predicted molar refractivity (Wildman–Crippen MR) is 109 cm³/mol. The lowest BCUT2D eigenvalue weighted by Gasteiger charge is -2.58. The summed E-state index contributed by atoms with van der Waals surface area (Å²) in [5, 5.41) is 0. The van der Waals surface area contributed by atoms with Gasteiger partial charge < -0.3 is 20.4 Å². The van der Waals surface area contributed by atoms with Crippen LogP contribution in [0, 0.1) is 11.7 Å². The molecule has 3 fully saturated rings. The Balaban J connectivity index is 1.57. The van der Waals surface area contributed by atoms with Crippen LogP contribution in [0.25, 0.3) is 0 Å². The van der Waals surface area contributed by atoms with Crippen LogP contribution in [0.4, 0.5) is 9.18 Å². The van der Waals surface area contributed by atoms with Crippen molar-refractivity contribution in [2.45, 2.75) is 57.2 Å². The highest BCUT2D eigenvalue weighted by Crippen LogP contribution is 2.38. The first-order chi connectivity index (χ1) is 14.3. The highest BCUT2D eigenvalue weighted by Gasteiger charge is 2.61. The molecule has 1 aromatic carbocycles. The second-order valence-corrected chi connectivity index (χ2v) is 8.85. The van der Waals surface area contributed by atoms with Gasteiger partial charge in [0.2, 0.25) is 5.91 Å². The van der Waals surface area contributed by atoms with Gasteiger partial charge in [0.1, 0.15) is 12.4 Å². The molecule has 4 amide bonds. The van der Waals surface area contributed by atoms with Crippen LogP contribution in [0.1, 0.15) is 44.6 Å². The maximum absolute atomic E-state index is 13.6. The number of nitrogens with two attached hydrogens (primary N) is 1. The van der Waals surface area contributed by atoms with Crippen LogP contribution in [0.2, 0.25) is 0 Å². The van der Waals surface area contributed by atoms with Crippen molar-refractivity contribution in [1.82, 2.24) is 14.7 Å². The molecule has 1 aliphatic carbocycles. The summed E-state index contributed by atoms with van der Waals surface area (Å²) in [4.78, 5) is 43.2. The van der Waals surface area contributed by atoms with E-state index in [1.165, 1.54) is 17.0 Å². The molecule has 0 radical (unpaired) electrons. The van der Waals surface area contributed by atoms with Gasteiger partial charge in [0, 0.05) is 12.6 Å². The number of benzene rings is 1. The van der Waals surface area contributed by atoms with Crippen molar-refractivity contribution >= 4 is 17.8 Å². The number of amides is 4. The van der Waals surface area contributed by atoms with Gasteiger partial charge in [-0.1, -0.05) is 25.5 Å². The van der Waals surface area contributed by atoms with Gasteiger partial charge in [0.15, 0.2) is 5.54 Å². The Bertz CT molecular complexity index is 829. The zero-order valence-electron chi connectivity index (χ0n) is 17.3. The van der Waals surface area contributed by atoms with E-state index in [0.29, 0.717) is 5.92 Å². The molecule has 0 atom stereocenters. The van der Waals surface area contributed by atoms with E-state index in [-0.39, 0.29) is 49.9 Å². The fourth-order valence-corrected chi connectivity index (χ4v) is 5.14. The fraction of sp³-hybridized carbons (Fsp3) is 0.591. The molecule has 1 saturated carbocycles. The molecular weight excluding hydrogens is 387 g/mol. The number of primary amides is 1. The molecule has 2 heterocycles. The maximum atomic E-state index is 13.6. The third kappa shape index (κ3) is 3.52. The van der Waals surface area contributed by atoms with Crippen molar-refractivity contribution in [2.75, 3.05) is 19.6 Å². The van der Waals surface area contributed by atoms with Crippen molar-refractivity contribution in [1.29, 1.82) is 0 Å². The molecule has 1 aromatic rings. The van der Waals surface area contributed by atoms with E-state index >= 15 is 0 Å². The summed E-state index contributed by atoms with van der Waals surface area (Å²) in [6.07, 6.45) is 5.09. The summed E-state index contributed by atoms with van der Waals surface area (Å²) in [5.41, 5.74) is 5.07. The summed E-state index contributed by atoms with van der Waals surface area (Å²) in [6.45, 7) is 2.66. The Labute approximate surface area is 176 Å². The average molecular weight is 416 g/mol. The zero-order chi connectivity index (χ0) is 21.5. The van der Waals surface area contributed by atoms with Crippen molar-refractivity contribution in [3.05, 3.63) is 35.6 Å². The minimum atomic E-state index is -1.08. The molecule has 30 heavy (non-hydrogen) atoms. The number of hydrogen-bond acceptors (Lipinski definition) is 3. The largest absolute Gasteiger partial charge is 0.351 e. The van der Waals surface area contributed by atoms with Crippen molar-refractivity contribution in [3.8, 4) is 0 Å². The second-order valence-electron chi connectivity index (χ2n) is 8.85. The summed E-state index contributed by atoms with van der Waals surface area (Å²) in [5.74, 6) is 0.101. The summed E-state index contributed by atoms with van der Waals surface area (Å²) in [7, 11) is 0. The number of piperazine rings is 1. The van der Waals surface area contributed by atoms with Crippen LogP contribution in [0.5, 0.6) is 0 Å². The van der Waals surface area contributed by atoms with E-state index in [1.807, 2.05) is 0 Å². The van der Waals surface area contributed by atoms with Gasteiger partial charge in [-0.05, 0) is 49.3 Å². The molecule has 2 aliphatic heterocycles. The molecular formula is C22H29FN4O3. The van der Waals surface area contributed by atoms with Crippen LogP contribution >= 0.6 is 0 Å². The van der Waals surface area contributed by atoms with E-state index in [2.05, 4.69) is 6.92 Å². The van der Waals surface area contributed by atoms with E-state index < -0.39 is 11.6 Å². The fourth-order valence-electron chi connectivity index (χ4n) is 5.14. The van der Waals surface area contributed by atoms with Crippen molar-refractivity contribution < 1.29 is 18.8 Å². The van der Waals surface area contributed by atoms with Crippen molar-refractivity contribution in [3.63, 3.8) is 0 Å². The number of likely N-dealkylation sites (tertiary alicyclic amines) is 1. The standard InChI is InChI=1S/C22H29FN4O3/c1-2-15-5-9-18(10-6-15)26-12-19(28)27(11-16-3-7-17(23)8-4-16)22(20(26)29)13-25(14-22)21(24)30/h3-4,7-8,15,18H,2,5-6,9-14H2,1H3,(H2,24,30). The van der Waals surface area contributed by atoms with Gasteiger partial charge in [-0.15, -0.1) is 0 Å². The Morgan fingerprint density at radius 3 is 2.33 bits per heavy atom. The number of nitrogens with zero attached hydrogens (tertiary/aromatic N) is 3. The van der Waals surface area contributed by atoms with Crippen molar-refractivity contribution in [2.24, 2.45) is 11.7 Å². The molecule has 2 saturated heterocycles. The van der Waals surface area contributed by atoms with Gasteiger partial charge in [0.05, 0.1) is 13.1 Å². The first-order valence-corrected chi connectivity index (χ1v) is 10.7. The topological polar surface area (TPSA) is 86.9 Å². The number of rotatable bonds is 4. The minimum absolute atomic E-state index is 0.0554. The highest BCUT2D eigenvalue weighted by atomic mass is 19.1. The van der Waals surface area contributed by atoms with Gasteiger partial charge in [0.25, 0.3) is 5.91 Å². The van der Waals surface area contributed by atoms with Crippen LogP contribution in [0.3, 0.4) is 0 Å². The number of carbonyl (C=O) groups is 3. The van der Waals surface area contributed by atoms with Crippen LogP contribution < -0.4 is 5.73 Å². The minimum Gasteiger partial charge on any atom is -0.351 e. The Morgan fingerprint density at radius 2 is 1.77 bits per heavy atom. The maximum Gasteiger partial charge on any atom is 0.314 e. The monoisotopic (exact) mass is 416 g/mol. The van der Waals surface area contributed by atoms with Gasteiger partial charge in [-0.3, -0.25) is 9.59 Å². The molecule has 1 spiro atoms. The Morgan fingerprint density at radius 1 is 1.13 bits per heavy atom. The number of carbonyl (C=O) groups excluding carboxylic acids is 3. The first kappa shape index (κ1) is 20.6. The summed E-state index contributed by atoms with van der Waals surface area (Å²) >= 11 is 0. The summed E-state index contributed by atoms with van der Waals surface area (Å²) < 4.78 is 13.3. The molecule has 3 aliphatic rings. The smallest absolute Gasteiger partial charge is 0.314 e. The molecule has 7 nitrogen and oxygen atoms in total. The SMILES string of the molecule is CCC1CCC(N2CC(=O)N(Cc3ccc(F)cc3)C3(CN(C(N)=O)C3)C2=O)CC1. The number of halogens is 1. The van der Waals surface area contributed by atoms with E-state index in [1.54, 1.807) is 21.9 Å². The third-order valence-electron chi connectivity index (χ3n) is 7.09. The van der Waals surface area contributed by atoms with Crippen LogP contribution in [-0.4, -0.2) is 63.8 Å². The highest BCUT2D eigenvalue weighted by molar-refractivity contribution is 6.00. The molecule has 0 bridgehead atoms. The lowest BCUT2D eigenvalue weighted by Crippen LogP contribution is -2.82. The van der Waals surface area contributed by atoms with Gasteiger partial charge in [-0.25, -0.2) is 9.18 Å². The number of hydrogen-bond donors (Lipinski definition) is 1. The van der Waals surface area contributed by atoms with Gasteiger partial charge >= 0.3 is 6.03 Å². The van der Waals surface area contributed by atoms with Crippen LogP contribution in [0.15, 0.2) is 24.3 Å². The third-order valence-corrected chi connectivity index (χ3v) is 7.09. The van der Waals surface area contributed by atoms with E-state index in [9.17, 15) is 18.8 Å². The normalized spacial score (nSPS) is 26.1. The first-order valence-electron chi connectivity index (χ1n) is 10.7. The quantitative estimate of drug-likeness (QED) is 0.815. The predicted octanol–water partition coefficient (Wildman–Crippen LogP) is 2.10. The molecule has 4 rings (SSSR count). The second kappa shape index (κ2) is 7.89. The zero-order valence-corrected chi connectivity index (χ0v) is 17.3. The molecule has 8 heteroatoms. The lowest BCUT2D eigenvalue weighted by atomic mass is 9.80. The molecule has 0 unspecified atom stereocenters. The average Bonchev–Trinajstić information content (AvgIpc) is 2.70. The molecule has 2 N–H and O–H groups in total. The van der Waals surface area contributed by atoms with E-state index in [4.69, 9.17) is 5.73 Å². The molecule has 0 aromatic heterocycles. The summed E-state index contributed by atoms with van der Waals surface area (Å²) in [6, 6.07) is 5.38. The van der Waals surface area contributed by atoms with Gasteiger partial charge in [-0.2, -0.15) is 0 Å². The lowest BCUT2D eigenvalue weighted by molar-refractivity contribution is -0.179.